The summed E-state index contributed by atoms with van der Waals surface area (Å²) in [6.45, 7) is -1.82. The number of para-hydroxylation sites is 1. The van der Waals surface area contributed by atoms with Crippen molar-refractivity contribution in [3.05, 3.63) is 29.8 Å². The monoisotopic (exact) mass is 294 g/mol. The maximum Gasteiger partial charge on any atom is 0.324 e. The number of carbonyl (C=O) groups excluding carboxylic acids is 1. The van der Waals surface area contributed by atoms with Crippen LogP contribution in [-0.2, 0) is 11.3 Å². The van der Waals surface area contributed by atoms with E-state index in [2.05, 4.69) is 0 Å². The molecule has 0 saturated carbocycles. The Labute approximate surface area is 112 Å². The molecule has 1 rings (SSSR count). The quantitative estimate of drug-likeness (QED) is 0.750. The Morgan fingerprint density at radius 3 is 2.60 bits per heavy atom. The van der Waals surface area contributed by atoms with Crippen molar-refractivity contribution in [3.8, 4) is 5.75 Å². The van der Waals surface area contributed by atoms with E-state index in [0.717, 1.165) is 0 Å². The molecule has 0 atom stereocenters. The smallest absolute Gasteiger partial charge is 0.324 e. The third-order valence-electron chi connectivity index (χ3n) is 2.39. The van der Waals surface area contributed by atoms with E-state index in [1.54, 1.807) is 29.6 Å². The fraction of sp³-hybridized carbons (Fsp3) is 0.417. The molecule has 0 aromatic heterocycles. The van der Waals surface area contributed by atoms with E-state index in [9.17, 15) is 22.4 Å². The van der Waals surface area contributed by atoms with Crippen molar-refractivity contribution in [1.82, 2.24) is 5.32 Å². The van der Waals surface area contributed by atoms with Gasteiger partial charge in [-0.1, -0.05) is 18.2 Å². The van der Waals surface area contributed by atoms with Crippen LogP contribution in [0.3, 0.4) is 0 Å². The Kier molecular flexibility index (Phi) is 5.75. The first-order chi connectivity index (χ1) is 9.36. The van der Waals surface area contributed by atoms with Gasteiger partial charge in [0.2, 0.25) is 0 Å². The number of hydrogen-bond donors (Lipinski definition) is 2. The van der Waals surface area contributed by atoms with E-state index in [1.165, 1.54) is 0 Å². The second kappa shape index (κ2) is 7.09. The molecule has 0 heterocycles. The summed E-state index contributed by atoms with van der Waals surface area (Å²) < 4.78 is 54.0. The van der Waals surface area contributed by atoms with Crippen molar-refractivity contribution < 1.29 is 27.1 Å². The van der Waals surface area contributed by atoms with Gasteiger partial charge in [-0.15, -0.1) is 0 Å². The summed E-state index contributed by atoms with van der Waals surface area (Å²) in [6.07, 6.45) is -3.83. The molecule has 3 N–H and O–H groups in total. The van der Waals surface area contributed by atoms with Crippen molar-refractivity contribution in [2.75, 3.05) is 13.2 Å². The minimum atomic E-state index is -4.26. The van der Waals surface area contributed by atoms with Gasteiger partial charge in [0.15, 0.2) is 6.61 Å². The Bertz CT molecular complexity index is 455. The van der Waals surface area contributed by atoms with Crippen LogP contribution < -0.4 is 15.8 Å². The molecule has 112 valence electrons. The van der Waals surface area contributed by atoms with E-state index in [-0.39, 0.29) is 6.54 Å². The lowest BCUT2D eigenvalue weighted by Gasteiger charge is -2.16. The van der Waals surface area contributed by atoms with Gasteiger partial charge in [0.05, 0.1) is 6.54 Å². The molecule has 0 spiro atoms. The van der Waals surface area contributed by atoms with Gasteiger partial charge in [-0.05, 0) is 6.07 Å². The number of amides is 1. The molecule has 0 unspecified atom stereocenters. The van der Waals surface area contributed by atoms with Crippen molar-refractivity contribution in [2.45, 2.75) is 18.9 Å². The maximum absolute atomic E-state index is 12.6. The predicted molar refractivity (Wildman–Crippen MR) is 63.8 cm³/mol. The molecule has 1 aromatic carbocycles. The standard InChI is InChI=1S/C12H14F4N2O2/c13-11(14)12(15,16)7-18-10(19)6-20-9-4-2-1-3-8(9)5-17/h1-4,11H,5-7,17H2,(H,18,19). The van der Waals surface area contributed by atoms with Crippen molar-refractivity contribution in [2.24, 2.45) is 5.73 Å². The lowest BCUT2D eigenvalue weighted by Crippen LogP contribution is -2.42. The van der Waals surface area contributed by atoms with Gasteiger partial charge < -0.3 is 15.8 Å². The molecule has 1 aromatic rings. The topological polar surface area (TPSA) is 64.3 Å². The van der Waals surface area contributed by atoms with Gasteiger partial charge in [0.1, 0.15) is 5.75 Å². The van der Waals surface area contributed by atoms with Crippen LogP contribution in [0.25, 0.3) is 0 Å². The van der Waals surface area contributed by atoms with E-state index in [4.69, 9.17) is 10.5 Å². The number of carbonyl (C=O) groups is 1. The highest BCUT2D eigenvalue weighted by atomic mass is 19.3. The van der Waals surface area contributed by atoms with Crippen LogP contribution in [0.1, 0.15) is 5.56 Å². The van der Waals surface area contributed by atoms with Crippen LogP contribution in [0, 0.1) is 0 Å². The third kappa shape index (κ3) is 4.69. The fourth-order valence-corrected chi connectivity index (χ4v) is 1.30. The van der Waals surface area contributed by atoms with E-state index < -0.39 is 31.4 Å². The highest BCUT2D eigenvalue weighted by molar-refractivity contribution is 5.77. The highest BCUT2D eigenvalue weighted by Crippen LogP contribution is 2.21. The van der Waals surface area contributed by atoms with Crippen molar-refractivity contribution in [3.63, 3.8) is 0 Å². The normalized spacial score (nSPS) is 11.5. The van der Waals surface area contributed by atoms with Gasteiger partial charge >= 0.3 is 12.3 Å². The summed E-state index contributed by atoms with van der Waals surface area (Å²) >= 11 is 0. The summed E-state index contributed by atoms with van der Waals surface area (Å²) in [5.41, 5.74) is 6.08. The number of hydrogen-bond acceptors (Lipinski definition) is 3. The zero-order valence-corrected chi connectivity index (χ0v) is 10.4. The lowest BCUT2D eigenvalue weighted by molar-refractivity contribution is -0.137. The Morgan fingerprint density at radius 2 is 2.00 bits per heavy atom. The molecule has 20 heavy (non-hydrogen) atoms. The van der Waals surface area contributed by atoms with Crippen molar-refractivity contribution in [1.29, 1.82) is 0 Å². The summed E-state index contributed by atoms with van der Waals surface area (Å²) in [5, 5.41) is 1.69. The molecule has 0 fully saturated rings. The minimum absolute atomic E-state index is 0.182. The fourth-order valence-electron chi connectivity index (χ4n) is 1.30. The van der Waals surface area contributed by atoms with E-state index in [1.807, 2.05) is 0 Å². The Morgan fingerprint density at radius 1 is 1.35 bits per heavy atom. The number of nitrogens with one attached hydrogen (secondary N) is 1. The molecule has 0 bridgehead atoms. The first-order valence-corrected chi connectivity index (χ1v) is 5.70. The Hall–Kier alpha value is -1.83. The van der Waals surface area contributed by atoms with Crippen LogP contribution in [-0.4, -0.2) is 31.4 Å². The molecule has 0 radical (unpaired) electrons. The lowest BCUT2D eigenvalue weighted by atomic mass is 10.2. The summed E-state index contributed by atoms with van der Waals surface area (Å²) in [6, 6.07) is 6.61. The maximum atomic E-state index is 12.6. The SMILES string of the molecule is NCc1ccccc1OCC(=O)NCC(F)(F)C(F)F. The number of ether oxygens (including phenoxy) is 1. The zero-order valence-electron chi connectivity index (χ0n) is 10.4. The molecule has 0 aliphatic rings. The van der Waals surface area contributed by atoms with Crippen LogP contribution in [0.4, 0.5) is 17.6 Å². The molecule has 1 amide bonds. The summed E-state index contributed by atoms with van der Waals surface area (Å²) in [4.78, 5) is 11.2. The molecular formula is C12H14F4N2O2. The molecule has 0 saturated heterocycles. The average Bonchev–Trinajstić information content (AvgIpc) is 2.43. The predicted octanol–water partition coefficient (Wildman–Crippen LogP) is 1.54. The molecular weight excluding hydrogens is 280 g/mol. The molecule has 4 nitrogen and oxygen atoms in total. The van der Waals surface area contributed by atoms with E-state index in [0.29, 0.717) is 11.3 Å². The molecule has 0 aliphatic carbocycles. The van der Waals surface area contributed by atoms with Gasteiger partial charge in [-0.2, -0.15) is 8.78 Å². The number of rotatable bonds is 7. The second-order valence-corrected chi connectivity index (χ2v) is 3.94. The van der Waals surface area contributed by atoms with Gasteiger partial charge in [0, 0.05) is 12.1 Å². The summed E-state index contributed by atoms with van der Waals surface area (Å²) in [5.74, 6) is -4.84. The third-order valence-corrected chi connectivity index (χ3v) is 2.39. The Balaban J connectivity index is 2.44. The number of halogens is 4. The first-order valence-electron chi connectivity index (χ1n) is 5.70. The largest absolute Gasteiger partial charge is 0.483 e. The zero-order chi connectivity index (χ0) is 15.2. The number of nitrogens with two attached hydrogens (primary N) is 1. The number of alkyl halides is 4. The first kappa shape index (κ1) is 16.2. The molecule has 0 aliphatic heterocycles. The minimum Gasteiger partial charge on any atom is -0.483 e. The van der Waals surface area contributed by atoms with Crippen LogP contribution in [0.15, 0.2) is 24.3 Å². The van der Waals surface area contributed by atoms with Gasteiger partial charge in [0.25, 0.3) is 5.91 Å². The second-order valence-electron chi connectivity index (χ2n) is 3.94. The van der Waals surface area contributed by atoms with Crippen LogP contribution in [0.2, 0.25) is 0 Å². The number of benzene rings is 1. The van der Waals surface area contributed by atoms with E-state index >= 15 is 0 Å². The van der Waals surface area contributed by atoms with Crippen molar-refractivity contribution >= 4 is 5.91 Å². The van der Waals surface area contributed by atoms with Gasteiger partial charge in [-0.3, -0.25) is 4.79 Å². The van der Waals surface area contributed by atoms with Gasteiger partial charge in [-0.25, -0.2) is 8.78 Å². The van der Waals surface area contributed by atoms with Crippen LogP contribution >= 0.6 is 0 Å². The molecule has 8 heteroatoms. The average molecular weight is 294 g/mol. The summed E-state index contributed by atoms with van der Waals surface area (Å²) in [7, 11) is 0. The highest BCUT2D eigenvalue weighted by Gasteiger charge is 2.40. The van der Waals surface area contributed by atoms with Crippen LogP contribution in [0.5, 0.6) is 5.75 Å².